The van der Waals surface area contributed by atoms with Gasteiger partial charge in [-0.3, -0.25) is 57.5 Å². The molecule has 4 aromatic rings. The molecule has 1 aliphatic rings. The number of aromatic hydroxyl groups is 1. The number of aliphatic carboxylic acids is 2. The summed E-state index contributed by atoms with van der Waals surface area (Å²) in [7, 11) is 1.64. The number of H-pyrrole nitrogens is 1. The fourth-order valence-electron chi connectivity index (χ4n) is 9.63. The summed E-state index contributed by atoms with van der Waals surface area (Å²) in [4.78, 5) is 183. The van der Waals surface area contributed by atoms with Crippen molar-refractivity contribution in [1.82, 2.24) is 63.5 Å². The third kappa shape index (κ3) is 24.5. The van der Waals surface area contributed by atoms with E-state index in [0.717, 1.165) is 35.4 Å². The van der Waals surface area contributed by atoms with E-state index >= 15 is 14.4 Å². The molecule has 31 nitrogen and oxygen atoms in total. The topological polar surface area (TPSA) is 503 Å². The lowest BCUT2D eigenvalue weighted by Crippen LogP contribution is -2.62. The maximum absolute atomic E-state index is 15.1. The van der Waals surface area contributed by atoms with Gasteiger partial charge in [0.1, 0.15) is 66.2 Å². The van der Waals surface area contributed by atoms with Crippen LogP contribution < -0.4 is 70.0 Å². The number of para-hydroxylation sites is 1. The summed E-state index contributed by atoms with van der Waals surface area (Å²) in [5.74, 6) is -15.7. The van der Waals surface area contributed by atoms with Crippen LogP contribution in [0.5, 0.6) is 5.75 Å². The van der Waals surface area contributed by atoms with Crippen LogP contribution in [0.4, 0.5) is 0 Å². The van der Waals surface area contributed by atoms with Crippen molar-refractivity contribution >= 4 is 109 Å². The summed E-state index contributed by atoms with van der Waals surface area (Å²) in [5.41, 5.74) is 13.5. The Morgan fingerprint density at radius 1 is 0.611 bits per heavy atom. The Morgan fingerprint density at radius 2 is 1.18 bits per heavy atom. The van der Waals surface area contributed by atoms with Gasteiger partial charge in [0.2, 0.25) is 65.0 Å². The molecular formula is C62H84N14O17S2. The number of carbonyl (C=O) groups is 13. The smallest absolute Gasteiger partial charge is 0.326 e. The van der Waals surface area contributed by atoms with Crippen molar-refractivity contribution in [2.75, 3.05) is 24.6 Å². The Labute approximate surface area is 554 Å². The third-order valence-electron chi connectivity index (χ3n) is 15.0. The van der Waals surface area contributed by atoms with Crippen LogP contribution in [-0.4, -0.2) is 199 Å². The minimum absolute atomic E-state index is 0.0434. The SMILES string of the molecule is CC(C)[C@H](NC(=O)[C@@H]1CSSCC(NC(=O)[C@H](CC(=O)O)NC(=O)[C@H](C)NC(=O)[C@@H](NC(=O)CNC(=O)[C@H](C)N)[C@@H](C)O)C(=O)N[C@@H](Cc2ccccc2)C(=O)NC(Cc2c[nH]c3ccccc23)C(=O)NC(CCCCN)C(=O)N[C@@H](Cc2ccc(O)cc2)C(=O)N1)C(=O)O. The molecular weight excluding hydrogens is 1280 g/mol. The Hall–Kier alpha value is -9.31. The number of unbranched alkanes of at least 4 members (excludes halogenated alkanes) is 1. The molecule has 0 saturated carbocycles. The molecule has 516 valence electrons. The molecule has 1 fully saturated rings. The van der Waals surface area contributed by atoms with Crippen molar-refractivity contribution in [2.45, 2.75) is 152 Å². The molecule has 3 unspecified atom stereocenters. The number of nitrogens with one attached hydrogen (secondary N) is 12. The minimum atomic E-state index is -2.01. The highest BCUT2D eigenvalue weighted by Crippen LogP contribution is 2.25. The van der Waals surface area contributed by atoms with E-state index in [9.17, 15) is 68.4 Å². The van der Waals surface area contributed by atoms with Crippen molar-refractivity contribution < 1.29 is 82.8 Å². The molecule has 0 spiro atoms. The van der Waals surface area contributed by atoms with Gasteiger partial charge in [0.05, 0.1) is 25.1 Å². The lowest BCUT2D eigenvalue weighted by molar-refractivity contribution is -0.143. The number of hydrogen-bond acceptors (Lipinski definition) is 19. The lowest BCUT2D eigenvalue weighted by Gasteiger charge is -2.29. The number of phenols is 1. The van der Waals surface area contributed by atoms with Crippen molar-refractivity contribution in [3.8, 4) is 5.75 Å². The molecule has 0 radical (unpaired) electrons. The van der Waals surface area contributed by atoms with E-state index in [1.165, 1.54) is 45.0 Å². The van der Waals surface area contributed by atoms with Gasteiger partial charge in [0.25, 0.3) is 0 Å². The van der Waals surface area contributed by atoms with E-state index < -0.39 is 180 Å². The zero-order chi connectivity index (χ0) is 70.1. The Morgan fingerprint density at radius 3 is 1.78 bits per heavy atom. The number of aliphatic hydroxyl groups is 1. The van der Waals surface area contributed by atoms with Crippen molar-refractivity contribution in [1.29, 1.82) is 0 Å². The molecule has 1 aromatic heterocycles. The van der Waals surface area contributed by atoms with Gasteiger partial charge < -0.3 is 95.4 Å². The fourth-order valence-corrected chi connectivity index (χ4v) is 12.0. The first-order valence-electron chi connectivity index (χ1n) is 30.5. The van der Waals surface area contributed by atoms with Crippen LogP contribution in [0.25, 0.3) is 10.9 Å². The molecule has 11 amide bonds. The molecule has 12 atom stereocenters. The van der Waals surface area contributed by atoms with Crippen LogP contribution in [0.1, 0.15) is 77.0 Å². The number of carboxylic acid groups (broad SMARTS) is 2. The monoisotopic (exact) mass is 1360 g/mol. The van der Waals surface area contributed by atoms with Gasteiger partial charge in [0, 0.05) is 47.9 Å². The molecule has 95 heavy (non-hydrogen) atoms. The number of carboxylic acids is 2. The van der Waals surface area contributed by atoms with Crippen LogP contribution in [0.3, 0.4) is 0 Å². The number of aliphatic hydroxyl groups excluding tert-OH is 1. The molecule has 0 bridgehead atoms. The molecule has 0 aliphatic carbocycles. The number of aromatic nitrogens is 1. The van der Waals surface area contributed by atoms with Gasteiger partial charge in [0.15, 0.2) is 0 Å². The summed E-state index contributed by atoms with van der Waals surface area (Å²) >= 11 is 0. The molecule has 5 rings (SSSR count). The maximum atomic E-state index is 15.1. The number of nitrogens with two attached hydrogens (primary N) is 2. The highest BCUT2D eigenvalue weighted by atomic mass is 33.1. The molecule has 3 aromatic carbocycles. The van der Waals surface area contributed by atoms with E-state index in [-0.39, 0.29) is 44.4 Å². The highest BCUT2D eigenvalue weighted by molar-refractivity contribution is 8.76. The molecule has 2 heterocycles. The first-order chi connectivity index (χ1) is 45.0. The first kappa shape index (κ1) is 76.4. The van der Waals surface area contributed by atoms with E-state index in [2.05, 4.69) is 63.5 Å². The minimum Gasteiger partial charge on any atom is -0.508 e. The lowest BCUT2D eigenvalue weighted by atomic mass is 10.0. The number of benzene rings is 3. The molecule has 1 aliphatic heterocycles. The second-order valence-electron chi connectivity index (χ2n) is 23.1. The number of amides is 11. The van der Waals surface area contributed by atoms with Gasteiger partial charge in [-0.1, -0.05) is 96.1 Å². The van der Waals surface area contributed by atoms with Crippen LogP contribution in [-0.2, 0) is 81.6 Å². The maximum Gasteiger partial charge on any atom is 0.326 e. The zero-order valence-corrected chi connectivity index (χ0v) is 54.6. The van der Waals surface area contributed by atoms with Gasteiger partial charge in [-0.05, 0) is 87.4 Å². The van der Waals surface area contributed by atoms with Crippen molar-refractivity contribution in [3.05, 3.63) is 102 Å². The Kier molecular flexibility index (Phi) is 30.2. The summed E-state index contributed by atoms with van der Waals surface area (Å²) in [6, 6.07) is 3.84. The van der Waals surface area contributed by atoms with Crippen LogP contribution in [0.15, 0.2) is 85.1 Å². The van der Waals surface area contributed by atoms with Crippen molar-refractivity contribution in [2.24, 2.45) is 17.4 Å². The number of fused-ring (bicyclic) bond motifs is 1. The van der Waals surface area contributed by atoms with E-state index in [1.54, 1.807) is 60.8 Å². The quantitative estimate of drug-likeness (QED) is 0.0214. The second kappa shape index (κ2) is 37.5. The Bertz CT molecular complexity index is 3360. The standard InChI is InChI=1S/C62H84N14O17S2/c1-31(2)50(62(92)93)76-60(90)47-30-95-94-29-46(73-58(88)45(26-49(80)81)69-53(83)33(4)67-61(91)51(34(5)77)75-48(79)28-66-52(82)32(3)64)59(89)71-42(23-35-13-7-6-8-14-35)55(85)72-44(25-37-27-65-40-16-10-9-15-39(37)40)57(87)68-41(17-11-12-22-63)54(84)70-43(56(86)74-47)24-36-18-20-38(78)21-19-36/h6-10,13-16,18-21,27,31-34,41-47,50-51,65,77-78H,11-12,17,22-26,28-30,63-64H2,1-5H3,(H,66,82)(H,67,91)(H,68,87)(H,69,83)(H,70,84)(H,71,89)(H,72,85)(H,73,88)(H,74,86)(H,75,79)(H,76,90)(H,80,81)(H,92,93)/t32-,33-,34+,41?,42-,43-,44?,45-,46?,47-,50-,51-/m0/s1. The predicted molar refractivity (Wildman–Crippen MR) is 350 cm³/mol. The van der Waals surface area contributed by atoms with Gasteiger partial charge in [-0.2, -0.15) is 0 Å². The number of rotatable bonds is 27. The molecule has 20 N–H and O–H groups in total. The average Bonchev–Trinajstić information content (AvgIpc) is 1.76. The number of phenolic OH excluding ortho intramolecular Hbond substituents is 1. The second-order valence-corrected chi connectivity index (χ2v) is 25.6. The highest BCUT2D eigenvalue weighted by Gasteiger charge is 2.38. The van der Waals surface area contributed by atoms with Crippen LogP contribution in [0.2, 0.25) is 0 Å². The van der Waals surface area contributed by atoms with Gasteiger partial charge in [-0.25, -0.2) is 4.79 Å². The van der Waals surface area contributed by atoms with Crippen LogP contribution >= 0.6 is 21.6 Å². The Balaban J connectivity index is 1.59. The van der Waals surface area contributed by atoms with Gasteiger partial charge in [-0.15, -0.1) is 0 Å². The molecule has 1 saturated heterocycles. The first-order valence-corrected chi connectivity index (χ1v) is 33.0. The number of carbonyl (C=O) groups excluding carboxylic acids is 11. The number of aromatic amines is 1. The summed E-state index contributed by atoms with van der Waals surface area (Å²) in [6.45, 7) is 6.24. The third-order valence-corrected chi connectivity index (χ3v) is 17.4. The summed E-state index contributed by atoms with van der Waals surface area (Å²) < 4.78 is 0. The molecule has 33 heteroatoms. The summed E-state index contributed by atoms with van der Waals surface area (Å²) in [6.07, 6.45) is -1.17. The van der Waals surface area contributed by atoms with Crippen molar-refractivity contribution in [3.63, 3.8) is 0 Å². The normalized spacial score (nSPS) is 20.4. The van der Waals surface area contributed by atoms with Gasteiger partial charge >= 0.3 is 11.9 Å². The average molecular weight is 1360 g/mol. The predicted octanol–water partition coefficient (Wildman–Crippen LogP) is -2.65. The van der Waals surface area contributed by atoms with E-state index in [1.807, 2.05) is 0 Å². The number of hydrogen-bond donors (Lipinski definition) is 18. The fraction of sp³-hybridized carbons (Fsp3) is 0.468. The van der Waals surface area contributed by atoms with E-state index in [0.29, 0.717) is 34.0 Å². The zero-order valence-electron chi connectivity index (χ0n) is 52.9. The summed E-state index contributed by atoms with van der Waals surface area (Å²) in [5, 5.41) is 68.8. The van der Waals surface area contributed by atoms with E-state index in [4.69, 9.17) is 11.5 Å². The largest absolute Gasteiger partial charge is 0.508 e. The van der Waals surface area contributed by atoms with Crippen LogP contribution in [0, 0.1) is 5.92 Å².